The number of nitrogens with one attached hydrogen (secondary N) is 2. The van der Waals surface area contributed by atoms with Crippen LogP contribution in [0.2, 0.25) is 0 Å². The van der Waals surface area contributed by atoms with Crippen molar-refractivity contribution in [3.63, 3.8) is 0 Å². The molecule has 0 saturated carbocycles. The van der Waals surface area contributed by atoms with Gasteiger partial charge in [-0.15, -0.1) is 0 Å². The van der Waals surface area contributed by atoms with E-state index in [9.17, 15) is 4.79 Å². The second-order valence-corrected chi connectivity index (χ2v) is 5.09. The average molecular weight is 335 g/mol. The van der Waals surface area contributed by atoms with Gasteiger partial charge < -0.3 is 10.7 Å². The molecule has 0 saturated heterocycles. The zero-order valence-corrected chi connectivity index (χ0v) is 12.6. The summed E-state index contributed by atoms with van der Waals surface area (Å²) in [5.41, 5.74) is 5.27. The Bertz CT molecular complexity index is 630. The minimum absolute atomic E-state index is 0.247. The topological polar surface area (TPSA) is 80.0 Å². The molecule has 0 aliphatic rings. The highest BCUT2D eigenvalue weighted by atomic mass is 79.9. The van der Waals surface area contributed by atoms with Crippen LogP contribution in [0.25, 0.3) is 0 Å². The number of nitrogen functional groups attached to an aromatic ring is 1. The summed E-state index contributed by atoms with van der Waals surface area (Å²) in [6.45, 7) is 2.04. The summed E-state index contributed by atoms with van der Waals surface area (Å²) in [5, 5.41) is 2.88. The third-order valence-corrected chi connectivity index (χ3v) is 3.41. The van der Waals surface area contributed by atoms with E-state index >= 15 is 0 Å². The van der Waals surface area contributed by atoms with Gasteiger partial charge >= 0.3 is 0 Å². The van der Waals surface area contributed by atoms with Crippen LogP contribution in [-0.2, 0) is 6.42 Å². The largest absolute Gasteiger partial charge is 0.323 e. The third kappa shape index (κ3) is 3.15. The van der Waals surface area contributed by atoms with Crippen molar-refractivity contribution >= 4 is 33.2 Å². The number of aromatic nitrogens is 1. The Morgan fingerprint density at radius 2 is 2.15 bits per heavy atom. The molecule has 20 heavy (non-hydrogen) atoms. The van der Waals surface area contributed by atoms with Gasteiger partial charge in [0.15, 0.2) is 0 Å². The lowest BCUT2D eigenvalue weighted by Gasteiger charge is -2.12. The van der Waals surface area contributed by atoms with Crippen molar-refractivity contribution in [2.75, 3.05) is 10.7 Å². The lowest BCUT2D eigenvalue weighted by molar-refractivity contribution is 0.102. The fraction of sp³-hybridized carbons (Fsp3) is 0.143. The molecule has 0 fully saturated rings. The highest BCUT2D eigenvalue weighted by Gasteiger charge is 2.12. The highest BCUT2D eigenvalue weighted by molar-refractivity contribution is 9.10. The van der Waals surface area contributed by atoms with Crippen molar-refractivity contribution in [2.45, 2.75) is 13.3 Å². The van der Waals surface area contributed by atoms with Gasteiger partial charge in [0.2, 0.25) is 0 Å². The van der Waals surface area contributed by atoms with Gasteiger partial charge in [-0.2, -0.15) is 0 Å². The predicted molar refractivity (Wildman–Crippen MR) is 83.5 cm³/mol. The number of hydrogen-bond acceptors (Lipinski definition) is 4. The Labute approximate surface area is 125 Å². The number of carbonyl (C=O) groups is 1. The molecule has 0 atom stereocenters. The number of amides is 1. The van der Waals surface area contributed by atoms with Crippen molar-refractivity contribution < 1.29 is 4.79 Å². The smallest absolute Gasteiger partial charge is 0.259 e. The summed E-state index contributed by atoms with van der Waals surface area (Å²) < 4.78 is 0.984. The number of aryl methyl sites for hydroxylation is 1. The van der Waals surface area contributed by atoms with Crippen LogP contribution in [0.3, 0.4) is 0 Å². The van der Waals surface area contributed by atoms with E-state index in [0.29, 0.717) is 11.3 Å². The van der Waals surface area contributed by atoms with Crippen molar-refractivity contribution in [1.29, 1.82) is 0 Å². The van der Waals surface area contributed by atoms with E-state index in [4.69, 9.17) is 5.84 Å². The molecule has 0 aliphatic heterocycles. The first kappa shape index (κ1) is 14.5. The maximum atomic E-state index is 12.3. The molecule has 1 heterocycles. The molecule has 1 aromatic carbocycles. The SMILES string of the molecule is CCc1cc(Br)ccc1NC(=O)c1cnccc1NN. The predicted octanol–water partition coefficient (Wildman–Crippen LogP) is 2.94. The number of benzene rings is 1. The van der Waals surface area contributed by atoms with Crippen LogP contribution in [0.1, 0.15) is 22.8 Å². The van der Waals surface area contributed by atoms with E-state index in [2.05, 4.69) is 31.7 Å². The van der Waals surface area contributed by atoms with Crippen molar-refractivity contribution in [2.24, 2.45) is 5.84 Å². The molecular formula is C14H15BrN4O. The van der Waals surface area contributed by atoms with E-state index in [1.54, 1.807) is 12.3 Å². The van der Waals surface area contributed by atoms with Gasteiger partial charge in [-0.1, -0.05) is 22.9 Å². The minimum Gasteiger partial charge on any atom is -0.323 e. The third-order valence-electron chi connectivity index (χ3n) is 2.92. The molecule has 104 valence electrons. The quantitative estimate of drug-likeness (QED) is 0.593. The van der Waals surface area contributed by atoms with Gasteiger partial charge in [0, 0.05) is 22.6 Å². The fourth-order valence-electron chi connectivity index (χ4n) is 1.87. The van der Waals surface area contributed by atoms with E-state index in [0.717, 1.165) is 22.1 Å². The summed E-state index contributed by atoms with van der Waals surface area (Å²) in [4.78, 5) is 16.2. The molecule has 2 aromatic rings. The molecule has 0 unspecified atom stereocenters. The van der Waals surface area contributed by atoms with Gasteiger partial charge in [-0.3, -0.25) is 15.6 Å². The van der Waals surface area contributed by atoms with Crippen LogP contribution >= 0.6 is 15.9 Å². The van der Waals surface area contributed by atoms with Crippen LogP contribution in [0.5, 0.6) is 0 Å². The van der Waals surface area contributed by atoms with Crippen LogP contribution in [0, 0.1) is 0 Å². The van der Waals surface area contributed by atoms with Crippen molar-refractivity contribution in [3.8, 4) is 0 Å². The number of hydrogen-bond donors (Lipinski definition) is 3. The minimum atomic E-state index is -0.247. The maximum Gasteiger partial charge on any atom is 0.259 e. The fourth-order valence-corrected chi connectivity index (χ4v) is 2.28. The Morgan fingerprint density at radius 1 is 1.35 bits per heavy atom. The van der Waals surface area contributed by atoms with Gasteiger partial charge in [-0.25, -0.2) is 0 Å². The number of anilines is 2. The highest BCUT2D eigenvalue weighted by Crippen LogP contribution is 2.23. The zero-order chi connectivity index (χ0) is 14.5. The van der Waals surface area contributed by atoms with E-state index in [-0.39, 0.29) is 5.91 Å². The first-order valence-corrected chi connectivity index (χ1v) is 6.95. The molecule has 6 heteroatoms. The Kier molecular flexibility index (Phi) is 4.70. The molecule has 0 aliphatic carbocycles. The molecule has 4 N–H and O–H groups in total. The molecule has 1 amide bonds. The average Bonchev–Trinajstić information content (AvgIpc) is 2.48. The van der Waals surface area contributed by atoms with Gasteiger partial charge in [0.1, 0.15) is 0 Å². The van der Waals surface area contributed by atoms with Crippen LogP contribution < -0.4 is 16.6 Å². The normalized spacial score (nSPS) is 10.2. The van der Waals surface area contributed by atoms with Crippen LogP contribution in [-0.4, -0.2) is 10.9 Å². The van der Waals surface area contributed by atoms with E-state index in [1.807, 2.05) is 25.1 Å². The number of pyridine rings is 1. The standard InChI is InChI=1S/C14H15BrN4O/c1-2-9-7-10(15)3-4-12(9)18-14(20)11-8-17-6-5-13(11)19-16/h3-8H,2,16H2,1H3,(H,17,19)(H,18,20). The summed E-state index contributed by atoms with van der Waals surface area (Å²) >= 11 is 3.42. The van der Waals surface area contributed by atoms with Crippen molar-refractivity contribution in [3.05, 3.63) is 52.3 Å². The van der Waals surface area contributed by atoms with Gasteiger partial charge in [0.25, 0.3) is 5.91 Å². The number of hydrazine groups is 1. The number of halogens is 1. The lowest BCUT2D eigenvalue weighted by Crippen LogP contribution is -2.18. The molecule has 0 bridgehead atoms. The lowest BCUT2D eigenvalue weighted by atomic mass is 10.1. The van der Waals surface area contributed by atoms with Gasteiger partial charge in [0.05, 0.1) is 11.3 Å². The summed E-state index contributed by atoms with van der Waals surface area (Å²) in [6.07, 6.45) is 3.88. The summed E-state index contributed by atoms with van der Waals surface area (Å²) in [6, 6.07) is 7.39. The van der Waals surface area contributed by atoms with E-state index in [1.165, 1.54) is 6.20 Å². The molecule has 2 rings (SSSR count). The van der Waals surface area contributed by atoms with Crippen molar-refractivity contribution in [1.82, 2.24) is 4.98 Å². The van der Waals surface area contributed by atoms with Crippen LogP contribution in [0.15, 0.2) is 41.1 Å². The molecule has 1 aromatic heterocycles. The first-order valence-electron chi connectivity index (χ1n) is 6.16. The Morgan fingerprint density at radius 3 is 2.85 bits per heavy atom. The number of carbonyl (C=O) groups excluding carboxylic acids is 1. The van der Waals surface area contributed by atoms with Crippen LogP contribution in [0.4, 0.5) is 11.4 Å². The number of nitrogens with two attached hydrogens (primary N) is 1. The monoisotopic (exact) mass is 334 g/mol. The number of nitrogens with zero attached hydrogens (tertiary/aromatic N) is 1. The van der Waals surface area contributed by atoms with E-state index < -0.39 is 0 Å². The Balaban J connectivity index is 2.28. The summed E-state index contributed by atoms with van der Waals surface area (Å²) in [5.74, 6) is 5.15. The second-order valence-electron chi connectivity index (χ2n) is 4.17. The molecule has 5 nitrogen and oxygen atoms in total. The maximum absolute atomic E-state index is 12.3. The van der Waals surface area contributed by atoms with Gasteiger partial charge in [-0.05, 0) is 36.2 Å². The molecule has 0 spiro atoms. The second kappa shape index (κ2) is 6.49. The number of rotatable bonds is 4. The Hall–Kier alpha value is -1.92. The molecule has 0 radical (unpaired) electrons. The zero-order valence-electron chi connectivity index (χ0n) is 11.0. The summed E-state index contributed by atoms with van der Waals surface area (Å²) in [7, 11) is 0. The molecular weight excluding hydrogens is 320 g/mol. The first-order chi connectivity index (χ1) is 9.65.